The van der Waals surface area contributed by atoms with E-state index in [1.54, 1.807) is 36.4 Å². The van der Waals surface area contributed by atoms with Crippen LogP contribution >= 0.6 is 23.2 Å². The lowest BCUT2D eigenvalue weighted by Gasteiger charge is -2.14. The third-order valence-corrected chi connectivity index (χ3v) is 5.39. The molecule has 0 saturated carbocycles. The van der Waals surface area contributed by atoms with Crippen molar-refractivity contribution in [1.82, 2.24) is 9.99 Å². The molecule has 0 aliphatic heterocycles. The van der Waals surface area contributed by atoms with Crippen molar-refractivity contribution in [3.05, 3.63) is 58.2 Å². The molecule has 0 spiro atoms. The lowest BCUT2D eigenvalue weighted by Crippen LogP contribution is -2.40. The van der Waals surface area contributed by atoms with Crippen molar-refractivity contribution in [1.29, 1.82) is 0 Å². The summed E-state index contributed by atoms with van der Waals surface area (Å²) in [6.07, 6.45) is 0.731. The quantitative estimate of drug-likeness (QED) is 0.426. The highest BCUT2D eigenvalue weighted by molar-refractivity contribution is 6.38. The highest BCUT2D eigenvalue weighted by Gasteiger charge is 2.23. The number of carbonyl (C=O) groups is 3. The molecule has 3 aromatic rings. The first kappa shape index (κ1) is 24.4. The van der Waals surface area contributed by atoms with Gasteiger partial charge in [-0.1, -0.05) is 49.2 Å². The number of para-hydroxylation sites is 1. The van der Waals surface area contributed by atoms with E-state index in [9.17, 15) is 14.4 Å². The Balaban J connectivity index is 1.94. The van der Waals surface area contributed by atoms with Crippen molar-refractivity contribution in [3.8, 4) is 5.75 Å². The topological polar surface area (TPSA) is 101 Å². The minimum Gasteiger partial charge on any atom is -0.494 e. The number of methoxy groups -OCH3 is 1. The molecule has 8 nitrogen and oxygen atoms in total. The van der Waals surface area contributed by atoms with Crippen LogP contribution in [-0.4, -0.2) is 36.1 Å². The number of amides is 3. The maximum Gasteiger partial charge on any atom is 0.328 e. The number of carbonyl (C=O) groups excluding carboxylic acids is 3. The number of nitrogens with zero attached hydrogens (tertiary/aromatic N) is 1. The van der Waals surface area contributed by atoms with Crippen molar-refractivity contribution in [2.45, 2.75) is 20.3 Å². The van der Waals surface area contributed by atoms with E-state index in [0.717, 1.165) is 6.42 Å². The van der Waals surface area contributed by atoms with Gasteiger partial charge in [-0.2, -0.15) is 0 Å². The van der Waals surface area contributed by atoms with E-state index in [1.165, 1.54) is 17.9 Å². The average Bonchev–Trinajstić information content (AvgIpc) is 3.14. The van der Waals surface area contributed by atoms with Crippen LogP contribution in [0.4, 0.5) is 5.69 Å². The molecule has 10 heteroatoms. The van der Waals surface area contributed by atoms with Crippen molar-refractivity contribution in [2.75, 3.05) is 24.4 Å². The first-order chi connectivity index (χ1) is 15.7. The number of nitrogens with one attached hydrogen (secondary N) is 3. The summed E-state index contributed by atoms with van der Waals surface area (Å²) in [7, 11) is 1.47. The molecule has 3 N–H and O–H groups in total. The largest absolute Gasteiger partial charge is 0.494 e. The molecular weight excluding hydrogens is 467 g/mol. The van der Waals surface area contributed by atoms with Crippen LogP contribution in [0.5, 0.6) is 5.75 Å². The Morgan fingerprint density at radius 3 is 2.48 bits per heavy atom. The predicted molar refractivity (Wildman–Crippen MR) is 130 cm³/mol. The second-order valence-electron chi connectivity index (χ2n) is 7.72. The molecule has 3 rings (SSSR count). The third-order valence-electron chi connectivity index (χ3n) is 4.85. The van der Waals surface area contributed by atoms with E-state index in [1.807, 2.05) is 13.8 Å². The van der Waals surface area contributed by atoms with E-state index < -0.39 is 17.7 Å². The molecule has 2 aromatic carbocycles. The molecular formula is C23H24Cl2N4O4. The van der Waals surface area contributed by atoms with Crippen LogP contribution in [0, 0.1) is 5.92 Å². The SMILES string of the molecule is COc1cccc2cc(C(=O)Nc3ccc(Cl)cc3Cl)n(NC(=O)C(=O)NCCC(C)C)c12. The maximum absolute atomic E-state index is 13.1. The summed E-state index contributed by atoms with van der Waals surface area (Å²) in [6.45, 7) is 4.40. The number of hydrogen-bond donors (Lipinski definition) is 3. The van der Waals surface area contributed by atoms with Gasteiger partial charge in [0, 0.05) is 17.0 Å². The monoisotopic (exact) mass is 490 g/mol. The van der Waals surface area contributed by atoms with E-state index in [0.29, 0.717) is 39.8 Å². The average molecular weight is 491 g/mol. The second kappa shape index (κ2) is 10.6. The zero-order valence-electron chi connectivity index (χ0n) is 18.4. The lowest BCUT2D eigenvalue weighted by molar-refractivity contribution is -0.136. The van der Waals surface area contributed by atoms with Gasteiger partial charge in [0.25, 0.3) is 5.91 Å². The van der Waals surface area contributed by atoms with Gasteiger partial charge in [-0.25, -0.2) is 4.68 Å². The number of benzene rings is 2. The normalized spacial score (nSPS) is 10.8. The van der Waals surface area contributed by atoms with E-state index in [2.05, 4.69) is 16.1 Å². The van der Waals surface area contributed by atoms with E-state index in [-0.39, 0.29) is 10.7 Å². The summed E-state index contributed by atoms with van der Waals surface area (Å²) >= 11 is 12.1. The highest BCUT2D eigenvalue weighted by Crippen LogP contribution is 2.30. The van der Waals surface area contributed by atoms with Crippen LogP contribution in [0.2, 0.25) is 10.0 Å². The van der Waals surface area contributed by atoms with Crippen molar-refractivity contribution in [3.63, 3.8) is 0 Å². The Labute approximate surface area is 201 Å². The highest BCUT2D eigenvalue weighted by atomic mass is 35.5. The molecule has 33 heavy (non-hydrogen) atoms. The third kappa shape index (κ3) is 5.77. The number of halogens is 2. The molecule has 0 bridgehead atoms. The van der Waals surface area contributed by atoms with Crippen LogP contribution in [0.1, 0.15) is 30.8 Å². The van der Waals surface area contributed by atoms with Crippen molar-refractivity contribution in [2.24, 2.45) is 5.92 Å². The summed E-state index contributed by atoms with van der Waals surface area (Å²) in [5.41, 5.74) is 3.35. The minimum atomic E-state index is -0.916. The zero-order valence-corrected chi connectivity index (χ0v) is 19.9. The Kier molecular flexibility index (Phi) is 7.84. The molecule has 3 amide bonds. The predicted octanol–water partition coefficient (Wildman–Crippen LogP) is 4.44. The van der Waals surface area contributed by atoms with Gasteiger partial charge in [-0.15, -0.1) is 0 Å². The summed E-state index contributed by atoms with van der Waals surface area (Å²) in [6, 6.07) is 11.4. The second-order valence-corrected chi connectivity index (χ2v) is 8.56. The number of rotatable bonds is 7. The lowest BCUT2D eigenvalue weighted by atomic mass is 10.1. The van der Waals surface area contributed by atoms with Gasteiger partial charge >= 0.3 is 11.8 Å². The van der Waals surface area contributed by atoms with Crippen molar-refractivity contribution < 1.29 is 19.1 Å². The molecule has 0 radical (unpaired) electrons. The van der Waals surface area contributed by atoms with E-state index >= 15 is 0 Å². The molecule has 1 aromatic heterocycles. The molecule has 174 valence electrons. The molecule has 0 saturated heterocycles. The molecule has 0 fully saturated rings. The van der Waals surface area contributed by atoms with Crippen LogP contribution in [0.3, 0.4) is 0 Å². The van der Waals surface area contributed by atoms with Crippen LogP contribution in [0.25, 0.3) is 10.9 Å². The number of fused-ring (bicyclic) bond motifs is 1. The van der Waals surface area contributed by atoms with Crippen LogP contribution in [-0.2, 0) is 9.59 Å². The van der Waals surface area contributed by atoms with Crippen LogP contribution in [0.15, 0.2) is 42.5 Å². The fourth-order valence-electron chi connectivity index (χ4n) is 3.16. The number of hydrogen-bond acceptors (Lipinski definition) is 4. The smallest absolute Gasteiger partial charge is 0.328 e. The fraction of sp³-hybridized carbons (Fsp3) is 0.261. The van der Waals surface area contributed by atoms with Crippen molar-refractivity contribution >= 4 is 57.5 Å². The zero-order chi connectivity index (χ0) is 24.1. The van der Waals surface area contributed by atoms with Gasteiger partial charge in [0.2, 0.25) is 0 Å². The van der Waals surface area contributed by atoms with Gasteiger partial charge in [0.15, 0.2) is 0 Å². The van der Waals surface area contributed by atoms with Gasteiger partial charge in [0.05, 0.1) is 17.8 Å². The fourth-order valence-corrected chi connectivity index (χ4v) is 3.62. The molecule has 0 atom stereocenters. The Bertz CT molecular complexity index is 1210. The first-order valence-electron chi connectivity index (χ1n) is 10.2. The molecule has 0 unspecified atom stereocenters. The Hall–Kier alpha value is -3.23. The maximum atomic E-state index is 13.1. The molecule has 1 heterocycles. The van der Waals surface area contributed by atoms with Gasteiger partial charge in [-0.3, -0.25) is 19.8 Å². The van der Waals surface area contributed by atoms with E-state index in [4.69, 9.17) is 27.9 Å². The summed E-state index contributed by atoms with van der Waals surface area (Å²) < 4.78 is 6.64. The Morgan fingerprint density at radius 1 is 1.06 bits per heavy atom. The number of anilines is 1. The minimum absolute atomic E-state index is 0.0730. The molecule has 0 aliphatic rings. The van der Waals surface area contributed by atoms with Crippen LogP contribution < -0.4 is 20.8 Å². The summed E-state index contributed by atoms with van der Waals surface area (Å²) in [4.78, 5) is 38.0. The van der Waals surface area contributed by atoms with Gasteiger partial charge in [0.1, 0.15) is 17.0 Å². The first-order valence-corrected chi connectivity index (χ1v) is 11.0. The summed E-state index contributed by atoms with van der Waals surface area (Å²) in [5.74, 6) is -1.49. The number of ether oxygens (including phenoxy) is 1. The standard InChI is InChI=1S/C23H24Cl2N4O4/c1-13(2)9-10-26-22(31)23(32)28-29-18(11-14-5-4-6-19(33-3)20(14)29)21(30)27-17-8-7-15(24)12-16(17)25/h4-8,11-13H,9-10H2,1-3H3,(H,26,31)(H,27,30)(H,28,32). The Morgan fingerprint density at radius 2 is 1.82 bits per heavy atom. The molecule has 0 aliphatic carbocycles. The summed E-state index contributed by atoms with van der Waals surface area (Å²) in [5, 5.41) is 6.58. The van der Waals surface area contributed by atoms with Gasteiger partial charge in [-0.05, 0) is 42.7 Å². The number of aromatic nitrogens is 1. The van der Waals surface area contributed by atoms with Gasteiger partial charge < -0.3 is 15.4 Å².